The molecule has 0 N–H and O–H groups in total. The average molecular weight is 229 g/mol. The van der Waals surface area contributed by atoms with E-state index >= 15 is 0 Å². The Morgan fingerprint density at radius 2 is 2.29 bits per heavy atom. The van der Waals surface area contributed by atoms with Crippen LogP contribution in [0.2, 0.25) is 0 Å². The smallest absolute Gasteiger partial charge is 0.148 e. The predicted octanol–water partition coefficient (Wildman–Crippen LogP) is 2.79. The third-order valence-corrected chi connectivity index (χ3v) is 3.63. The number of hydrogen-bond acceptors (Lipinski definition) is 4. The Kier molecular flexibility index (Phi) is 4.13. The fourth-order valence-electron chi connectivity index (χ4n) is 0.872. The Hall–Kier alpha value is -0.350. The van der Waals surface area contributed by atoms with Gasteiger partial charge in [-0.25, -0.2) is 0 Å². The quantitative estimate of drug-likeness (QED) is 0.795. The molecule has 0 saturated heterocycles. The zero-order valence-electron chi connectivity index (χ0n) is 8.74. The Bertz CT molecular complexity index is 288. The van der Waals surface area contributed by atoms with Crippen molar-refractivity contribution in [2.24, 2.45) is 0 Å². The highest BCUT2D eigenvalue weighted by Crippen LogP contribution is 2.23. The lowest BCUT2D eigenvalue weighted by molar-refractivity contribution is -0.115. The van der Waals surface area contributed by atoms with Gasteiger partial charge in [-0.2, -0.15) is 0 Å². The molecule has 0 aliphatic carbocycles. The number of nitrogens with zero attached hydrogens (tertiary/aromatic N) is 1. The van der Waals surface area contributed by atoms with Crippen molar-refractivity contribution in [1.82, 2.24) is 4.98 Å². The van der Waals surface area contributed by atoms with Crippen molar-refractivity contribution in [3.63, 3.8) is 0 Å². The Morgan fingerprint density at radius 1 is 1.57 bits per heavy atom. The van der Waals surface area contributed by atoms with Crippen molar-refractivity contribution in [1.29, 1.82) is 0 Å². The molecule has 1 heterocycles. The molecule has 2 nitrogen and oxygen atoms in total. The van der Waals surface area contributed by atoms with Gasteiger partial charge in [-0.15, -0.1) is 23.1 Å². The minimum Gasteiger partial charge on any atom is -0.298 e. The summed E-state index contributed by atoms with van der Waals surface area (Å²) in [5.74, 6) is 0.885. The third-order valence-electron chi connectivity index (χ3n) is 1.52. The second kappa shape index (κ2) is 4.94. The highest BCUT2D eigenvalue weighted by atomic mass is 32.2. The standard InChI is InChI=1S/C10H15NOS2/c1-10(2,3)14-6-8(12)4-9-5-11-7-13-9/h5,7H,4,6H2,1-3H3. The second-order valence-electron chi connectivity index (χ2n) is 4.08. The maximum atomic E-state index is 11.5. The van der Waals surface area contributed by atoms with E-state index in [1.54, 1.807) is 34.8 Å². The molecule has 0 saturated carbocycles. The molecule has 14 heavy (non-hydrogen) atoms. The van der Waals surface area contributed by atoms with Crippen LogP contribution in [0.1, 0.15) is 25.6 Å². The molecule has 0 atom stereocenters. The van der Waals surface area contributed by atoms with Gasteiger partial charge in [-0.3, -0.25) is 9.78 Å². The van der Waals surface area contributed by atoms with Crippen LogP contribution < -0.4 is 0 Å². The summed E-state index contributed by atoms with van der Waals surface area (Å²) in [6.07, 6.45) is 2.30. The first kappa shape index (κ1) is 11.7. The minimum atomic E-state index is 0.170. The van der Waals surface area contributed by atoms with Crippen molar-refractivity contribution in [3.05, 3.63) is 16.6 Å². The summed E-state index contributed by atoms with van der Waals surface area (Å²) in [7, 11) is 0. The van der Waals surface area contributed by atoms with Gasteiger partial charge in [0.25, 0.3) is 0 Å². The van der Waals surface area contributed by atoms with Crippen molar-refractivity contribution in [2.45, 2.75) is 31.9 Å². The summed E-state index contributed by atoms with van der Waals surface area (Å²) >= 11 is 3.24. The fraction of sp³-hybridized carbons (Fsp3) is 0.600. The predicted molar refractivity (Wildman–Crippen MR) is 63.0 cm³/mol. The first-order chi connectivity index (χ1) is 6.47. The van der Waals surface area contributed by atoms with E-state index in [0.717, 1.165) is 4.88 Å². The van der Waals surface area contributed by atoms with E-state index in [9.17, 15) is 4.79 Å². The van der Waals surface area contributed by atoms with Crippen molar-refractivity contribution in [3.8, 4) is 0 Å². The molecular weight excluding hydrogens is 214 g/mol. The maximum Gasteiger partial charge on any atom is 0.148 e. The highest BCUT2D eigenvalue weighted by Gasteiger charge is 2.13. The Morgan fingerprint density at radius 3 is 2.79 bits per heavy atom. The van der Waals surface area contributed by atoms with Crippen LogP contribution in [0.4, 0.5) is 0 Å². The van der Waals surface area contributed by atoms with Crippen LogP contribution in [-0.4, -0.2) is 21.3 Å². The molecule has 0 aliphatic rings. The Balaban J connectivity index is 2.30. The lowest BCUT2D eigenvalue weighted by atomic mass is 10.3. The summed E-state index contributed by atoms with van der Waals surface area (Å²) in [6.45, 7) is 6.37. The number of thioether (sulfide) groups is 1. The molecule has 0 spiro atoms. The van der Waals surface area contributed by atoms with Crippen LogP contribution in [0, 0.1) is 0 Å². The number of rotatable bonds is 4. The van der Waals surface area contributed by atoms with Gasteiger partial charge in [-0.05, 0) is 0 Å². The number of carbonyl (C=O) groups excluding carboxylic acids is 1. The number of carbonyl (C=O) groups is 1. The summed E-state index contributed by atoms with van der Waals surface area (Å²) in [6, 6.07) is 0. The largest absolute Gasteiger partial charge is 0.298 e. The highest BCUT2D eigenvalue weighted by molar-refractivity contribution is 8.01. The zero-order valence-corrected chi connectivity index (χ0v) is 10.4. The zero-order chi connectivity index (χ0) is 10.6. The molecular formula is C10H15NOS2. The molecule has 1 rings (SSSR count). The minimum absolute atomic E-state index is 0.170. The van der Waals surface area contributed by atoms with E-state index < -0.39 is 0 Å². The van der Waals surface area contributed by atoms with Crippen molar-refractivity contribution >= 4 is 28.9 Å². The van der Waals surface area contributed by atoms with Gasteiger partial charge in [0.15, 0.2) is 0 Å². The molecule has 0 fully saturated rings. The molecule has 0 amide bonds. The van der Waals surface area contributed by atoms with Gasteiger partial charge < -0.3 is 0 Å². The van der Waals surface area contributed by atoms with E-state index in [1.165, 1.54) is 0 Å². The topological polar surface area (TPSA) is 30.0 Å². The molecule has 0 unspecified atom stereocenters. The maximum absolute atomic E-state index is 11.5. The van der Waals surface area contributed by atoms with Gasteiger partial charge in [0, 0.05) is 22.2 Å². The molecule has 0 radical (unpaired) electrons. The normalized spacial score (nSPS) is 11.6. The van der Waals surface area contributed by atoms with Crippen LogP contribution >= 0.6 is 23.1 Å². The average Bonchev–Trinajstić information content (AvgIpc) is 2.52. The summed E-state index contributed by atoms with van der Waals surface area (Å²) in [5.41, 5.74) is 1.76. The molecule has 0 aliphatic heterocycles. The van der Waals surface area contributed by atoms with Gasteiger partial charge in [0.1, 0.15) is 5.78 Å². The molecule has 1 aromatic rings. The van der Waals surface area contributed by atoms with E-state index in [-0.39, 0.29) is 10.5 Å². The number of ketones is 1. The van der Waals surface area contributed by atoms with Crippen LogP contribution in [0.25, 0.3) is 0 Å². The van der Waals surface area contributed by atoms with E-state index in [1.807, 2.05) is 0 Å². The van der Waals surface area contributed by atoms with Gasteiger partial charge in [0.05, 0.1) is 11.3 Å². The number of Topliss-reactive ketones (excluding diaryl/α,β-unsaturated/α-hetero) is 1. The summed E-state index contributed by atoms with van der Waals surface area (Å²) in [5, 5.41) is 0. The number of hydrogen-bond donors (Lipinski definition) is 0. The number of aromatic nitrogens is 1. The van der Waals surface area contributed by atoms with Crippen LogP contribution in [0.15, 0.2) is 11.7 Å². The van der Waals surface area contributed by atoms with E-state index in [2.05, 4.69) is 25.8 Å². The fourth-order valence-corrected chi connectivity index (χ4v) is 2.19. The number of thiazole rings is 1. The molecule has 1 aromatic heterocycles. The van der Waals surface area contributed by atoms with Crippen molar-refractivity contribution in [2.75, 3.05) is 5.75 Å². The molecule has 0 aromatic carbocycles. The van der Waals surface area contributed by atoms with Crippen LogP contribution in [0.3, 0.4) is 0 Å². The first-order valence-electron chi connectivity index (χ1n) is 4.50. The van der Waals surface area contributed by atoms with Crippen molar-refractivity contribution < 1.29 is 4.79 Å². The molecule has 4 heteroatoms. The first-order valence-corrected chi connectivity index (χ1v) is 6.37. The summed E-state index contributed by atoms with van der Waals surface area (Å²) in [4.78, 5) is 16.5. The third kappa shape index (κ3) is 4.77. The van der Waals surface area contributed by atoms with E-state index in [0.29, 0.717) is 12.2 Å². The van der Waals surface area contributed by atoms with E-state index in [4.69, 9.17) is 0 Å². The van der Waals surface area contributed by atoms with Gasteiger partial charge in [-0.1, -0.05) is 20.8 Å². The summed E-state index contributed by atoms with van der Waals surface area (Å²) < 4.78 is 0.170. The lowest BCUT2D eigenvalue weighted by Crippen LogP contribution is -2.14. The molecule has 78 valence electrons. The van der Waals surface area contributed by atoms with Gasteiger partial charge >= 0.3 is 0 Å². The van der Waals surface area contributed by atoms with Gasteiger partial charge in [0.2, 0.25) is 0 Å². The Labute approximate surface area is 93.1 Å². The molecule has 0 bridgehead atoms. The van der Waals surface area contributed by atoms with Crippen LogP contribution in [-0.2, 0) is 11.2 Å². The SMILES string of the molecule is CC(C)(C)SCC(=O)Cc1cncs1. The lowest BCUT2D eigenvalue weighted by Gasteiger charge is -2.16. The van der Waals surface area contributed by atoms with Crippen LogP contribution in [0.5, 0.6) is 0 Å². The second-order valence-corrected chi connectivity index (χ2v) is 6.86. The monoisotopic (exact) mass is 229 g/mol.